The number of fused-ring (bicyclic) bond motifs is 1. The predicted molar refractivity (Wildman–Crippen MR) is 181 cm³/mol. The number of likely N-dealkylation sites (tertiary alicyclic amines) is 1. The number of amides is 4. The molecule has 3 heterocycles. The second-order valence-electron chi connectivity index (χ2n) is 12.5. The van der Waals surface area contributed by atoms with Crippen LogP contribution in [-0.4, -0.2) is 71.4 Å². The van der Waals surface area contributed by atoms with E-state index >= 15 is 0 Å². The number of pyridine rings is 1. The van der Waals surface area contributed by atoms with Crippen LogP contribution >= 0.6 is 12.4 Å². The lowest BCUT2D eigenvalue weighted by Crippen LogP contribution is -2.49. The smallest absolute Gasteiger partial charge is 0.270 e. The molecule has 0 radical (unpaired) electrons. The van der Waals surface area contributed by atoms with E-state index in [0.29, 0.717) is 22.5 Å². The zero-order valence-corrected chi connectivity index (χ0v) is 27.3. The van der Waals surface area contributed by atoms with Gasteiger partial charge in [-0.3, -0.25) is 19.2 Å². The average molecular weight is 681 g/mol. The minimum absolute atomic E-state index is 0. The maximum Gasteiger partial charge on any atom is 0.270 e. The molecule has 4 atom stereocenters. The van der Waals surface area contributed by atoms with Crippen molar-refractivity contribution in [2.24, 2.45) is 5.92 Å². The minimum atomic E-state index is -1.40. The number of halogens is 3. The first-order valence-corrected chi connectivity index (χ1v) is 16.1. The van der Waals surface area contributed by atoms with E-state index in [1.807, 2.05) is 31.2 Å². The number of anilines is 1. The number of hydrogen-bond acceptors (Lipinski definition) is 6. The highest BCUT2D eigenvalue weighted by Gasteiger charge is 2.40. The lowest BCUT2D eigenvalue weighted by Gasteiger charge is -2.26. The summed E-state index contributed by atoms with van der Waals surface area (Å²) < 4.78 is 28.1. The van der Waals surface area contributed by atoms with Gasteiger partial charge in [0.2, 0.25) is 17.7 Å². The molecule has 1 saturated carbocycles. The van der Waals surface area contributed by atoms with Crippen LogP contribution in [0.5, 0.6) is 0 Å². The Bertz CT molecular complexity index is 1730. The lowest BCUT2D eigenvalue weighted by atomic mass is 9.99. The van der Waals surface area contributed by atoms with Crippen LogP contribution in [0.15, 0.2) is 54.6 Å². The van der Waals surface area contributed by atoms with E-state index in [-0.39, 0.29) is 43.0 Å². The van der Waals surface area contributed by atoms with Crippen molar-refractivity contribution in [2.45, 2.75) is 63.3 Å². The second-order valence-corrected chi connectivity index (χ2v) is 12.5. The maximum absolute atomic E-state index is 14.6. The number of hydrogen-bond donors (Lipinski definition) is 4. The molecule has 48 heavy (non-hydrogen) atoms. The van der Waals surface area contributed by atoms with Crippen LogP contribution in [0.4, 0.5) is 14.5 Å². The van der Waals surface area contributed by atoms with Crippen molar-refractivity contribution in [3.05, 3.63) is 77.2 Å². The molecule has 0 spiro atoms. The highest BCUT2D eigenvalue weighted by atomic mass is 35.5. The van der Waals surface area contributed by atoms with Crippen molar-refractivity contribution in [3.63, 3.8) is 0 Å². The zero-order valence-electron chi connectivity index (χ0n) is 26.5. The standard InChI is InChI=1S/C35H38F2N6O4.ClH/c1-20(27-17-26(41-34(46)29-3-2-14-38-29)11-8-22(27)7-6-21-4-5-21)40-35(47)31-16-25(37)19-43(31)32(44)18-39-33(45)30-12-9-23-15-24(36)10-13-28(23)42-30;/h6-13,15,17,20-21,25,29,31,38H,2-5,14,16,18-19H2,1H3,(H,39,45)(H,40,47)(H,41,46);1H/b7-6+;/t20-,25+,29-,31-;/m0./s1. The van der Waals surface area contributed by atoms with Crippen LogP contribution in [0.3, 0.4) is 0 Å². The van der Waals surface area contributed by atoms with Crippen LogP contribution in [-0.2, 0) is 14.4 Å². The summed E-state index contributed by atoms with van der Waals surface area (Å²) in [4.78, 5) is 57.6. The van der Waals surface area contributed by atoms with Crippen LogP contribution in [0, 0.1) is 11.7 Å². The monoisotopic (exact) mass is 680 g/mol. The van der Waals surface area contributed by atoms with E-state index in [1.165, 1.54) is 24.3 Å². The summed E-state index contributed by atoms with van der Waals surface area (Å²) in [5, 5.41) is 12.1. The van der Waals surface area contributed by atoms with Gasteiger partial charge in [-0.25, -0.2) is 13.8 Å². The largest absolute Gasteiger partial charge is 0.348 e. The fraction of sp³-hybridized carbons (Fsp3) is 0.400. The van der Waals surface area contributed by atoms with Crippen LogP contribution in [0.2, 0.25) is 0 Å². The molecule has 0 unspecified atom stereocenters. The number of carbonyl (C=O) groups is 4. The Morgan fingerprint density at radius 2 is 1.88 bits per heavy atom. The molecule has 2 aromatic carbocycles. The molecule has 2 aliphatic heterocycles. The first-order valence-electron chi connectivity index (χ1n) is 16.1. The van der Waals surface area contributed by atoms with Gasteiger partial charge in [0.25, 0.3) is 5.91 Å². The summed E-state index contributed by atoms with van der Waals surface area (Å²) in [6, 6.07) is 10.7. The SMILES string of the molecule is C[C@H](NC(=O)[C@@H]1C[C@@H](F)CN1C(=O)CNC(=O)c1ccc2cc(F)ccc2n1)c1cc(NC(=O)[C@@H]2CCCN2)ccc1/C=C/C1CC1.Cl. The summed E-state index contributed by atoms with van der Waals surface area (Å²) >= 11 is 0. The van der Waals surface area contributed by atoms with Gasteiger partial charge in [-0.05, 0) is 92.6 Å². The second kappa shape index (κ2) is 15.2. The van der Waals surface area contributed by atoms with Crippen molar-refractivity contribution in [1.29, 1.82) is 0 Å². The highest BCUT2D eigenvalue weighted by molar-refractivity contribution is 5.98. The van der Waals surface area contributed by atoms with Crippen molar-refractivity contribution >= 4 is 58.7 Å². The lowest BCUT2D eigenvalue weighted by molar-refractivity contribution is -0.138. The van der Waals surface area contributed by atoms with Gasteiger partial charge in [-0.1, -0.05) is 24.3 Å². The maximum atomic E-state index is 14.6. The van der Waals surface area contributed by atoms with Gasteiger partial charge in [-0.15, -0.1) is 12.4 Å². The predicted octanol–water partition coefficient (Wildman–Crippen LogP) is 4.46. The highest BCUT2D eigenvalue weighted by Crippen LogP contribution is 2.32. The van der Waals surface area contributed by atoms with E-state index in [2.05, 4.69) is 32.3 Å². The third-order valence-electron chi connectivity index (χ3n) is 8.88. The Balaban J connectivity index is 0.00000451. The molecule has 4 amide bonds. The molecule has 6 rings (SSSR count). The minimum Gasteiger partial charge on any atom is -0.348 e. The molecular formula is C35H39ClF2N6O4. The molecule has 13 heteroatoms. The number of allylic oxidation sites excluding steroid dienone is 1. The normalized spacial score (nSPS) is 21.1. The van der Waals surface area contributed by atoms with Crippen molar-refractivity contribution in [1.82, 2.24) is 25.8 Å². The Kier molecular flexibility index (Phi) is 11.1. The number of aromatic nitrogens is 1. The quantitative estimate of drug-likeness (QED) is 0.250. The van der Waals surface area contributed by atoms with Crippen LogP contribution in [0.1, 0.15) is 66.7 Å². The van der Waals surface area contributed by atoms with Gasteiger partial charge in [0, 0.05) is 17.5 Å². The summed E-state index contributed by atoms with van der Waals surface area (Å²) in [7, 11) is 0. The van der Waals surface area contributed by atoms with Crippen LogP contribution < -0.4 is 21.3 Å². The number of nitrogens with one attached hydrogen (secondary N) is 4. The number of carbonyl (C=O) groups excluding carboxylic acids is 4. The summed E-state index contributed by atoms with van der Waals surface area (Å²) in [5.74, 6) is -1.75. The first-order chi connectivity index (χ1) is 22.6. The van der Waals surface area contributed by atoms with Crippen molar-refractivity contribution < 1.29 is 28.0 Å². The summed E-state index contributed by atoms with van der Waals surface area (Å²) in [6.45, 7) is 1.88. The number of rotatable bonds is 10. The summed E-state index contributed by atoms with van der Waals surface area (Å²) in [6.07, 6.45) is 6.58. The van der Waals surface area contributed by atoms with Crippen LogP contribution in [0.25, 0.3) is 17.0 Å². The van der Waals surface area contributed by atoms with Gasteiger partial charge in [0.05, 0.1) is 30.7 Å². The molecular weight excluding hydrogens is 642 g/mol. The topological polar surface area (TPSA) is 133 Å². The van der Waals surface area contributed by atoms with E-state index in [1.54, 1.807) is 6.07 Å². The van der Waals surface area contributed by atoms with E-state index in [0.717, 1.165) is 48.3 Å². The molecule has 2 saturated heterocycles. The third kappa shape index (κ3) is 8.35. The van der Waals surface area contributed by atoms with Crippen molar-refractivity contribution in [2.75, 3.05) is 25.0 Å². The van der Waals surface area contributed by atoms with E-state index in [4.69, 9.17) is 0 Å². The molecule has 1 aromatic heterocycles. The van der Waals surface area contributed by atoms with Gasteiger partial charge in [-0.2, -0.15) is 0 Å². The van der Waals surface area contributed by atoms with E-state index in [9.17, 15) is 28.0 Å². The number of benzene rings is 2. The van der Waals surface area contributed by atoms with Gasteiger partial charge in [0.15, 0.2) is 0 Å². The first kappa shape index (κ1) is 34.9. The molecule has 0 bridgehead atoms. The summed E-state index contributed by atoms with van der Waals surface area (Å²) in [5.41, 5.74) is 2.72. The van der Waals surface area contributed by atoms with Crippen molar-refractivity contribution in [3.8, 4) is 0 Å². The van der Waals surface area contributed by atoms with Gasteiger partial charge >= 0.3 is 0 Å². The fourth-order valence-electron chi connectivity index (χ4n) is 6.11. The molecule has 10 nitrogen and oxygen atoms in total. The van der Waals surface area contributed by atoms with Gasteiger partial charge < -0.3 is 26.2 Å². The molecule has 254 valence electrons. The molecule has 4 N–H and O–H groups in total. The molecule has 1 aliphatic carbocycles. The Morgan fingerprint density at radius 3 is 2.62 bits per heavy atom. The Hall–Kier alpha value is -4.42. The third-order valence-corrected chi connectivity index (χ3v) is 8.88. The number of alkyl halides is 1. The fourth-order valence-corrected chi connectivity index (χ4v) is 6.11. The average Bonchev–Trinajstić information content (AvgIpc) is 3.54. The van der Waals surface area contributed by atoms with Gasteiger partial charge in [0.1, 0.15) is 23.7 Å². The Labute approximate surface area is 283 Å². The Morgan fingerprint density at radius 1 is 1.06 bits per heavy atom. The number of nitrogens with zero attached hydrogens (tertiary/aromatic N) is 2. The molecule has 3 fully saturated rings. The van der Waals surface area contributed by atoms with E-state index < -0.39 is 48.3 Å². The molecule has 3 aliphatic rings. The molecule has 3 aromatic rings. The zero-order chi connectivity index (χ0) is 33.1.